The smallest absolute Gasteiger partial charge is 0.302 e. The number of hydrogen-bond acceptors (Lipinski definition) is 2. The van der Waals surface area contributed by atoms with Gasteiger partial charge in [-0.2, -0.15) is 0 Å². The second-order valence-corrected chi connectivity index (χ2v) is 15.6. The van der Waals surface area contributed by atoms with Crippen molar-refractivity contribution >= 4 is 5.97 Å². The SMILES string of the molecule is C=C(C)[C@@H](CC)CC[C@@H](C)[C@H]1CC[C@@]2(C)[C@H]3CC[C@@H]4C(C)(C)[C@@H](OC(C)=O)CC[C@@]45C[C@@]35CC[C@]12C. The van der Waals surface area contributed by atoms with Gasteiger partial charge in [0.25, 0.3) is 0 Å². The summed E-state index contributed by atoms with van der Waals surface area (Å²) in [6.45, 7) is 23.4. The van der Waals surface area contributed by atoms with E-state index < -0.39 is 0 Å². The van der Waals surface area contributed by atoms with Crippen LogP contribution in [0.2, 0.25) is 0 Å². The highest BCUT2D eigenvalue weighted by atomic mass is 16.5. The lowest BCUT2D eigenvalue weighted by atomic mass is 9.41. The average molecular weight is 497 g/mol. The van der Waals surface area contributed by atoms with E-state index in [0.717, 1.165) is 30.1 Å². The van der Waals surface area contributed by atoms with Gasteiger partial charge in [-0.1, -0.05) is 53.7 Å². The maximum atomic E-state index is 11.9. The molecule has 0 bridgehead atoms. The lowest BCUT2D eigenvalue weighted by molar-refractivity contribution is -0.181. The van der Waals surface area contributed by atoms with Crippen LogP contribution in [-0.2, 0) is 9.53 Å². The Balaban J connectivity index is 1.36. The van der Waals surface area contributed by atoms with E-state index >= 15 is 0 Å². The van der Waals surface area contributed by atoms with Crippen molar-refractivity contribution in [1.29, 1.82) is 0 Å². The minimum Gasteiger partial charge on any atom is -0.462 e. The van der Waals surface area contributed by atoms with Crippen LogP contribution in [0, 0.1) is 56.7 Å². The minimum atomic E-state index is -0.0937. The zero-order valence-corrected chi connectivity index (χ0v) is 25.0. The molecule has 0 amide bonds. The van der Waals surface area contributed by atoms with E-state index in [1.165, 1.54) is 76.2 Å². The summed E-state index contributed by atoms with van der Waals surface area (Å²) in [6.07, 6.45) is 16.4. The molecule has 5 aliphatic rings. The number of carbonyl (C=O) groups is 1. The number of esters is 1. The molecule has 0 radical (unpaired) electrons. The van der Waals surface area contributed by atoms with Gasteiger partial charge in [0.15, 0.2) is 0 Å². The molecule has 0 aromatic heterocycles. The second kappa shape index (κ2) is 8.61. The summed E-state index contributed by atoms with van der Waals surface area (Å²) in [5.41, 5.74) is 3.58. The van der Waals surface area contributed by atoms with E-state index in [1.54, 1.807) is 6.92 Å². The monoisotopic (exact) mass is 496 g/mol. The van der Waals surface area contributed by atoms with Crippen LogP contribution < -0.4 is 0 Å². The number of ether oxygens (including phenoxy) is 1. The Labute approximate surface area is 222 Å². The van der Waals surface area contributed by atoms with E-state index in [4.69, 9.17) is 4.74 Å². The van der Waals surface area contributed by atoms with Crippen LogP contribution in [-0.4, -0.2) is 12.1 Å². The van der Waals surface area contributed by atoms with Gasteiger partial charge in [0.2, 0.25) is 0 Å². The molecule has 2 heteroatoms. The molecule has 36 heavy (non-hydrogen) atoms. The second-order valence-electron chi connectivity index (χ2n) is 15.6. The highest BCUT2D eigenvalue weighted by Gasteiger charge is 2.82. The molecular weight excluding hydrogens is 440 g/mol. The van der Waals surface area contributed by atoms with Crippen molar-refractivity contribution in [3.8, 4) is 0 Å². The zero-order chi connectivity index (χ0) is 26.3. The number of allylic oxidation sites excluding steroid dienone is 1. The summed E-state index contributed by atoms with van der Waals surface area (Å²) < 4.78 is 5.92. The Hall–Kier alpha value is -0.790. The van der Waals surface area contributed by atoms with Gasteiger partial charge in [0.05, 0.1) is 0 Å². The normalized spacial score (nSPS) is 48.0. The van der Waals surface area contributed by atoms with E-state index in [-0.39, 0.29) is 17.5 Å². The predicted molar refractivity (Wildman–Crippen MR) is 149 cm³/mol. The molecule has 5 rings (SSSR count). The van der Waals surface area contributed by atoms with Crippen LogP contribution in [0.15, 0.2) is 12.2 Å². The quantitative estimate of drug-likeness (QED) is 0.259. The topological polar surface area (TPSA) is 26.3 Å². The molecule has 0 saturated heterocycles. The molecule has 0 aliphatic heterocycles. The Kier molecular flexibility index (Phi) is 6.41. The van der Waals surface area contributed by atoms with Crippen LogP contribution in [0.3, 0.4) is 0 Å². The van der Waals surface area contributed by atoms with Gasteiger partial charge < -0.3 is 4.74 Å². The number of rotatable bonds is 7. The third kappa shape index (κ3) is 3.43. The molecule has 2 nitrogen and oxygen atoms in total. The predicted octanol–water partition coefficient (Wildman–Crippen LogP) is 9.38. The fourth-order valence-electron chi connectivity index (χ4n) is 12.2. The van der Waals surface area contributed by atoms with Gasteiger partial charge in [0.1, 0.15) is 6.10 Å². The Bertz CT molecular complexity index is 903. The van der Waals surface area contributed by atoms with E-state index in [9.17, 15) is 4.79 Å². The van der Waals surface area contributed by atoms with Crippen LogP contribution in [0.25, 0.3) is 0 Å². The molecular formula is C34H56O2. The molecule has 204 valence electrons. The van der Waals surface area contributed by atoms with E-state index in [2.05, 4.69) is 55.0 Å². The first kappa shape index (κ1) is 26.8. The molecule has 10 atom stereocenters. The minimum absolute atomic E-state index is 0.0937. The number of carbonyl (C=O) groups excluding carboxylic acids is 1. The molecule has 0 aromatic rings. The van der Waals surface area contributed by atoms with E-state index in [1.807, 2.05) is 0 Å². The molecule has 5 aliphatic carbocycles. The van der Waals surface area contributed by atoms with Gasteiger partial charge in [-0.3, -0.25) is 4.79 Å². The molecule has 0 aromatic carbocycles. The maximum absolute atomic E-state index is 11.9. The average Bonchev–Trinajstić information content (AvgIpc) is 3.38. The lowest BCUT2D eigenvalue weighted by Gasteiger charge is -2.63. The first-order valence-electron chi connectivity index (χ1n) is 15.6. The van der Waals surface area contributed by atoms with Crippen LogP contribution >= 0.6 is 0 Å². The van der Waals surface area contributed by atoms with Crippen LogP contribution in [0.1, 0.15) is 132 Å². The number of fused-ring (bicyclic) bond motifs is 2. The molecule has 0 heterocycles. The van der Waals surface area contributed by atoms with Gasteiger partial charge in [0, 0.05) is 12.3 Å². The van der Waals surface area contributed by atoms with E-state index in [0.29, 0.717) is 27.6 Å². The fraction of sp³-hybridized carbons (Fsp3) is 0.912. The summed E-state index contributed by atoms with van der Waals surface area (Å²) in [4.78, 5) is 11.9. The molecule has 5 fully saturated rings. The number of hydrogen-bond donors (Lipinski definition) is 0. The molecule has 0 N–H and O–H groups in total. The first-order chi connectivity index (χ1) is 16.8. The third-order valence-electron chi connectivity index (χ3n) is 14.3. The Morgan fingerprint density at radius 2 is 1.56 bits per heavy atom. The maximum Gasteiger partial charge on any atom is 0.302 e. The van der Waals surface area contributed by atoms with Crippen LogP contribution in [0.4, 0.5) is 0 Å². The fourth-order valence-corrected chi connectivity index (χ4v) is 12.2. The largest absolute Gasteiger partial charge is 0.462 e. The van der Waals surface area contributed by atoms with Gasteiger partial charge >= 0.3 is 5.97 Å². The zero-order valence-electron chi connectivity index (χ0n) is 25.0. The van der Waals surface area contributed by atoms with Crippen molar-refractivity contribution in [1.82, 2.24) is 0 Å². The molecule has 2 spiro atoms. The summed E-state index contributed by atoms with van der Waals surface area (Å²) in [5, 5.41) is 0. The van der Waals surface area contributed by atoms with Crippen molar-refractivity contribution < 1.29 is 9.53 Å². The molecule has 5 saturated carbocycles. The highest BCUT2D eigenvalue weighted by molar-refractivity contribution is 5.66. The third-order valence-corrected chi connectivity index (χ3v) is 14.3. The molecule has 0 unspecified atom stereocenters. The Morgan fingerprint density at radius 1 is 0.889 bits per heavy atom. The van der Waals surface area contributed by atoms with Gasteiger partial charge in [-0.05, 0) is 135 Å². The van der Waals surface area contributed by atoms with Gasteiger partial charge in [-0.15, -0.1) is 0 Å². The summed E-state index contributed by atoms with van der Waals surface area (Å²) >= 11 is 0. The van der Waals surface area contributed by atoms with Crippen molar-refractivity contribution in [2.24, 2.45) is 56.7 Å². The standard InChI is InChI=1S/C34H56O2/c1-10-25(22(2)3)12-11-23(4)26-15-17-32(9)28-14-13-27-30(6,7)29(36-24(5)35)16-18-33(27)21-34(28,33)20-19-31(26,32)8/h23,25-29H,2,10-21H2,1,3-9H3/t23-,25+,26-,27-,28-,29+,31-,32+,33-,34+/m1/s1. The lowest BCUT2D eigenvalue weighted by Crippen LogP contribution is -2.58. The Morgan fingerprint density at radius 3 is 2.19 bits per heavy atom. The highest BCUT2D eigenvalue weighted by Crippen LogP contribution is 2.89. The van der Waals surface area contributed by atoms with Crippen molar-refractivity contribution in [3.05, 3.63) is 12.2 Å². The summed E-state index contributed by atoms with van der Waals surface area (Å²) in [5.74, 6) is 3.93. The van der Waals surface area contributed by atoms with Crippen molar-refractivity contribution in [3.63, 3.8) is 0 Å². The van der Waals surface area contributed by atoms with Crippen LogP contribution in [0.5, 0.6) is 0 Å². The van der Waals surface area contributed by atoms with Crippen molar-refractivity contribution in [2.75, 3.05) is 0 Å². The summed E-state index contributed by atoms with van der Waals surface area (Å²) in [7, 11) is 0. The van der Waals surface area contributed by atoms with Crippen molar-refractivity contribution in [2.45, 2.75) is 139 Å². The first-order valence-corrected chi connectivity index (χ1v) is 15.6. The summed E-state index contributed by atoms with van der Waals surface area (Å²) in [6, 6.07) is 0. The van der Waals surface area contributed by atoms with Gasteiger partial charge in [-0.25, -0.2) is 0 Å².